The number of carbonyl (C=O) groups is 1. The minimum Gasteiger partial charge on any atom is -0.492 e. The van der Waals surface area contributed by atoms with Crippen molar-refractivity contribution in [2.75, 3.05) is 18.5 Å². The number of urea groups is 1. The molecule has 2 amide bonds. The minimum atomic E-state index is -0.372. The van der Waals surface area contributed by atoms with Crippen molar-refractivity contribution in [3.8, 4) is 16.2 Å². The second-order valence-corrected chi connectivity index (χ2v) is 6.36. The Labute approximate surface area is 154 Å². The lowest BCUT2D eigenvalue weighted by atomic mass is 10.2. The Balaban J connectivity index is 1.48. The van der Waals surface area contributed by atoms with E-state index in [9.17, 15) is 9.18 Å². The third kappa shape index (κ3) is 4.76. The first-order valence-corrected chi connectivity index (χ1v) is 8.74. The molecule has 3 aromatic rings. The maximum absolute atomic E-state index is 13.0. The first-order chi connectivity index (χ1) is 12.6. The largest absolute Gasteiger partial charge is 0.492 e. The van der Waals surface area contributed by atoms with Crippen LogP contribution in [-0.2, 0) is 0 Å². The lowest BCUT2D eigenvalue weighted by Crippen LogP contribution is -2.32. The van der Waals surface area contributed by atoms with E-state index < -0.39 is 0 Å². The molecule has 0 radical (unpaired) electrons. The monoisotopic (exact) mass is 372 g/mol. The number of amides is 2. The summed E-state index contributed by atoms with van der Waals surface area (Å²) in [7, 11) is 0. The van der Waals surface area contributed by atoms with Gasteiger partial charge in [0.25, 0.3) is 0 Å². The number of halogens is 1. The molecule has 2 aromatic heterocycles. The van der Waals surface area contributed by atoms with Gasteiger partial charge in [0.1, 0.15) is 18.2 Å². The number of anilines is 1. The zero-order chi connectivity index (χ0) is 18.4. The van der Waals surface area contributed by atoms with Crippen LogP contribution < -0.4 is 15.4 Å². The highest BCUT2D eigenvalue weighted by atomic mass is 32.1. The van der Waals surface area contributed by atoms with Gasteiger partial charge in [-0.1, -0.05) is 17.4 Å². The number of nitrogens with zero attached hydrogens (tertiary/aromatic N) is 2. The highest BCUT2D eigenvalue weighted by Crippen LogP contribution is 2.32. The highest BCUT2D eigenvalue weighted by molar-refractivity contribution is 7.19. The Hall–Kier alpha value is -3.00. The van der Waals surface area contributed by atoms with Crippen LogP contribution >= 0.6 is 11.3 Å². The van der Waals surface area contributed by atoms with E-state index in [4.69, 9.17) is 4.74 Å². The summed E-state index contributed by atoms with van der Waals surface area (Å²) in [5.41, 5.74) is 1.85. The number of nitrogens with one attached hydrogen (secondary N) is 2. The summed E-state index contributed by atoms with van der Waals surface area (Å²) in [5, 5.41) is 5.89. The molecule has 0 spiro atoms. The number of pyridine rings is 1. The molecular weight excluding hydrogens is 355 g/mol. The van der Waals surface area contributed by atoms with Gasteiger partial charge in [-0.2, -0.15) is 0 Å². The maximum atomic E-state index is 13.0. The molecule has 6 nitrogen and oxygen atoms in total. The molecule has 0 aliphatic carbocycles. The van der Waals surface area contributed by atoms with Crippen molar-refractivity contribution in [2.45, 2.75) is 6.92 Å². The molecule has 0 bridgehead atoms. The van der Waals surface area contributed by atoms with Crippen LogP contribution in [0.15, 0.2) is 48.8 Å². The van der Waals surface area contributed by atoms with E-state index in [1.165, 1.54) is 23.5 Å². The van der Waals surface area contributed by atoms with E-state index in [1.54, 1.807) is 24.5 Å². The second kappa shape index (κ2) is 8.39. The topological polar surface area (TPSA) is 76.1 Å². The van der Waals surface area contributed by atoms with Gasteiger partial charge in [0.05, 0.1) is 17.1 Å². The normalized spacial score (nSPS) is 10.4. The first-order valence-electron chi connectivity index (χ1n) is 7.93. The van der Waals surface area contributed by atoms with Gasteiger partial charge >= 0.3 is 6.03 Å². The Morgan fingerprint density at radius 1 is 1.27 bits per heavy atom. The third-order valence-electron chi connectivity index (χ3n) is 3.41. The summed E-state index contributed by atoms with van der Waals surface area (Å²) in [5.74, 6) is 0.0575. The van der Waals surface area contributed by atoms with Gasteiger partial charge < -0.3 is 10.1 Å². The summed E-state index contributed by atoms with van der Waals surface area (Å²) in [6, 6.07) is 9.27. The summed E-state index contributed by atoms with van der Waals surface area (Å²) < 4.78 is 18.4. The van der Waals surface area contributed by atoms with Crippen LogP contribution in [0.25, 0.3) is 10.4 Å². The number of benzene rings is 1. The number of rotatable bonds is 6. The predicted octanol–water partition coefficient (Wildman–Crippen LogP) is 3.85. The SMILES string of the molecule is Cc1nc(NC(=O)NCCOc2cccc(F)c2)sc1-c1ccncc1. The summed E-state index contributed by atoms with van der Waals surface area (Å²) in [6.07, 6.45) is 3.43. The van der Waals surface area contributed by atoms with Crippen LogP contribution in [0.1, 0.15) is 5.69 Å². The Morgan fingerprint density at radius 2 is 2.08 bits per heavy atom. The van der Waals surface area contributed by atoms with Crippen molar-refractivity contribution in [3.63, 3.8) is 0 Å². The van der Waals surface area contributed by atoms with Crippen molar-refractivity contribution < 1.29 is 13.9 Å². The fourth-order valence-electron chi connectivity index (χ4n) is 2.25. The van der Waals surface area contributed by atoms with Gasteiger partial charge in [-0.3, -0.25) is 10.3 Å². The molecule has 2 heterocycles. The summed E-state index contributed by atoms with van der Waals surface area (Å²) in [4.78, 5) is 21.3. The molecule has 0 unspecified atom stereocenters. The smallest absolute Gasteiger partial charge is 0.321 e. The Morgan fingerprint density at radius 3 is 2.85 bits per heavy atom. The first kappa shape index (κ1) is 17.8. The van der Waals surface area contributed by atoms with Crippen LogP contribution in [0, 0.1) is 12.7 Å². The zero-order valence-corrected chi connectivity index (χ0v) is 14.8. The van der Waals surface area contributed by atoms with E-state index in [-0.39, 0.29) is 25.0 Å². The summed E-state index contributed by atoms with van der Waals surface area (Å²) >= 11 is 1.39. The number of hydrogen-bond acceptors (Lipinski definition) is 5. The van der Waals surface area contributed by atoms with E-state index >= 15 is 0 Å². The lowest BCUT2D eigenvalue weighted by Gasteiger charge is -2.07. The van der Waals surface area contributed by atoms with Crippen LogP contribution in [0.5, 0.6) is 5.75 Å². The van der Waals surface area contributed by atoms with Crippen molar-refractivity contribution >= 4 is 22.5 Å². The molecule has 2 N–H and O–H groups in total. The molecule has 134 valence electrons. The van der Waals surface area contributed by atoms with Crippen LogP contribution in [0.3, 0.4) is 0 Å². The third-order valence-corrected chi connectivity index (χ3v) is 4.53. The average Bonchev–Trinajstić information content (AvgIpc) is 3.00. The fraction of sp³-hybridized carbons (Fsp3) is 0.167. The van der Waals surface area contributed by atoms with E-state index in [0.717, 1.165) is 16.1 Å². The quantitative estimate of drug-likeness (QED) is 0.645. The van der Waals surface area contributed by atoms with Crippen LogP contribution in [-0.4, -0.2) is 29.2 Å². The molecule has 0 atom stereocenters. The van der Waals surface area contributed by atoms with Crippen molar-refractivity contribution in [3.05, 3.63) is 60.3 Å². The van der Waals surface area contributed by atoms with Gasteiger partial charge in [0.2, 0.25) is 0 Å². The number of thiazole rings is 1. The molecule has 26 heavy (non-hydrogen) atoms. The lowest BCUT2D eigenvalue weighted by molar-refractivity contribution is 0.247. The van der Waals surface area contributed by atoms with E-state index in [1.807, 2.05) is 19.1 Å². The molecule has 3 rings (SSSR count). The van der Waals surface area contributed by atoms with Crippen molar-refractivity contribution in [1.29, 1.82) is 0 Å². The number of carbonyl (C=O) groups excluding carboxylic acids is 1. The van der Waals surface area contributed by atoms with Crippen molar-refractivity contribution in [1.82, 2.24) is 15.3 Å². The zero-order valence-electron chi connectivity index (χ0n) is 14.0. The van der Waals surface area contributed by atoms with Crippen LogP contribution in [0.4, 0.5) is 14.3 Å². The molecule has 0 saturated heterocycles. The molecule has 0 fully saturated rings. The maximum Gasteiger partial charge on any atom is 0.321 e. The highest BCUT2D eigenvalue weighted by Gasteiger charge is 2.11. The Kier molecular flexibility index (Phi) is 5.75. The van der Waals surface area contributed by atoms with Gasteiger partial charge in [0, 0.05) is 18.5 Å². The standard InChI is InChI=1S/C18H17FN4O2S/c1-12-16(13-5-7-20-8-6-13)26-18(22-12)23-17(24)21-9-10-25-15-4-2-3-14(19)11-15/h2-8,11H,9-10H2,1H3,(H2,21,22,23,24). The number of aromatic nitrogens is 2. The average molecular weight is 372 g/mol. The van der Waals surface area contributed by atoms with E-state index in [0.29, 0.717) is 10.9 Å². The van der Waals surface area contributed by atoms with Crippen molar-refractivity contribution in [2.24, 2.45) is 0 Å². The predicted molar refractivity (Wildman–Crippen MR) is 99.0 cm³/mol. The molecular formula is C18H17FN4O2S. The molecule has 0 aliphatic rings. The van der Waals surface area contributed by atoms with Crippen LogP contribution in [0.2, 0.25) is 0 Å². The number of ether oxygens (including phenoxy) is 1. The number of aryl methyl sites for hydroxylation is 1. The molecule has 1 aromatic carbocycles. The van der Waals surface area contributed by atoms with E-state index in [2.05, 4.69) is 20.6 Å². The second-order valence-electron chi connectivity index (χ2n) is 5.36. The van der Waals surface area contributed by atoms with Gasteiger partial charge in [-0.15, -0.1) is 0 Å². The van der Waals surface area contributed by atoms with Gasteiger partial charge in [-0.25, -0.2) is 14.2 Å². The fourth-order valence-corrected chi connectivity index (χ4v) is 3.22. The number of hydrogen-bond donors (Lipinski definition) is 2. The molecule has 0 saturated carbocycles. The molecule has 8 heteroatoms. The summed E-state index contributed by atoms with van der Waals surface area (Å²) in [6.45, 7) is 2.40. The molecule has 0 aliphatic heterocycles. The Bertz CT molecular complexity index is 886. The minimum absolute atomic E-state index is 0.232. The van der Waals surface area contributed by atoms with Gasteiger partial charge in [-0.05, 0) is 36.8 Å². The van der Waals surface area contributed by atoms with Gasteiger partial charge in [0.15, 0.2) is 5.13 Å².